The average molecular weight is 262 g/mol. The highest BCUT2D eigenvalue weighted by molar-refractivity contribution is 14.1. The average Bonchev–Trinajstić information content (AvgIpc) is 1.97. The van der Waals surface area contributed by atoms with Crippen molar-refractivity contribution in [2.45, 2.75) is 0 Å². The van der Waals surface area contributed by atoms with E-state index in [4.69, 9.17) is 11.0 Å². The highest BCUT2D eigenvalue weighted by Crippen LogP contribution is 2.18. The van der Waals surface area contributed by atoms with E-state index in [-0.39, 0.29) is 11.5 Å². The van der Waals surface area contributed by atoms with Crippen molar-refractivity contribution < 1.29 is 4.39 Å². The number of hydrogen-bond donors (Lipinski definition) is 1. The maximum Gasteiger partial charge on any atom is 0.138 e. The molecule has 11 heavy (non-hydrogen) atoms. The van der Waals surface area contributed by atoms with Gasteiger partial charge < -0.3 is 5.73 Å². The molecule has 56 valence electrons. The van der Waals surface area contributed by atoms with Crippen LogP contribution < -0.4 is 5.73 Å². The molecule has 0 saturated heterocycles. The lowest BCUT2D eigenvalue weighted by atomic mass is 10.2. The SMILES string of the molecule is N#Cc1cc(I)c(F)cc1N. The quantitative estimate of drug-likeness (QED) is 0.573. The Morgan fingerprint density at radius 2 is 2.18 bits per heavy atom. The van der Waals surface area contributed by atoms with Crippen molar-refractivity contribution >= 4 is 28.3 Å². The van der Waals surface area contributed by atoms with E-state index in [0.717, 1.165) is 6.07 Å². The maximum absolute atomic E-state index is 12.7. The Labute approximate surface area is 77.0 Å². The molecule has 1 aromatic rings. The number of nitriles is 1. The summed E-state index contributed by atoms with van der Waals surface area (Å²) in [4.78, 5) is 0. The number of nitrogens with zero attached hydrogens (tertiary/aromatic N) is 1. The Bertz CT molecular complexity index is 330. The van der Waals surface area contributed by atoms with Crippen LogP contribution in [0.2, 0.25) is 0 Å². The fourth-order valence-corrected chi connectivity index (χ4v) is 1.13. The van der Waals surface area contributed by atoms with E-state index in [1.54, 1.807) is 0 Å². The van der Waals surface area contributed by atoms with Crippen molar-refractivity contribution in [2.75, 3.05) is 5.73 Å². The fourth-order valence-electron chi connectivity index (χ4n) is 0.659. The number of rotatable bonds is 0. The number of hydrogen-bond acceptors (Lipinski definition) is 2. The first-order valence-electron chi connectivity index (χ1n) is 2.79. The largest absolute Gasteiger partial charge is 0.398 e. The first kappa shape index (κ1) is 8.27. The normalized spacial score (nSPS) is 9.18. The van der Waals surface area contributed by atoms with Gasteiger partial charge in [-0.3, -0.25) is 0 Å². The summed E-state index contributed by atoms with van der Waals surface area (Å²) in [5.41, 5.74) is 5.84. The predicted octanol–water partition coefficient (Wildman–Crippen LogP) is 1.88. The van der Waals surface area contributed by atoms with Gasteiger partial charge in [-0.1, -0.05) is 0 Å². The standard InChI is InChI=1S/C7H4FIN2/c8-5-2-7(11)4(3-10)1-6(5)9/h1-2H,11H2. The first-order valence-corrected chi connectivity index (χ1v) is 3.87. The lowest BCUT2D eigenvalue weighted by Gasteiger charge is -1.98. The van der Waals surface area contributed by atoms with Crippen LogP contribution in [0.15, 0.2) is 12.1 Å². The molecule has 0 aromatic heterocycles. The van der Waals surface area contributed by atoms with Crippen molar-refractivity contribution in [3.8, 4) is 6.07 Å². The van der Waals surface area contributed by atoms with Crippen LogP contribution >= 0.6 is 22.6 Å². The molecular formula is C7H4FIN2. The maximum atomic E-state index is 12.7. The van der Waals surface area contributed by atoms with Crippen LogP contribution in [0.25, 0.3) is 0 Å². The molecule has 0 atom stereocenters. The van der Waals surface area contributed by atoms with Crippen LogP contribution in [-0.4, -0.2) is 0 Å². The van der Waals surface area contributed by atoms with Crippen LogP contribution in [-0.2, 0) is 0 Å². The Kier molecular flexibility index (Phi) is 2.29. The molecule has 0 heterocycles. The van der Waals surface area contributed by atoms with Crippen molar-refractivity contribution in [3.05, 3.63) is 27.1 Å². The molecule has 0 amide bonds. The zero-order valence-electron chi connectivity index (χ0n) is 5.44. The summed E-state index contributed by atoms with van der Waals surface area (Å²) in [6, 6.07) is 4.44. The van der Waals surface area contributed by atoms with Crippen LogP contribution in [0.1, 0.15) is 5.56 Å². The Morgan fingerprint density at radius 1 is 1.55 bits per heavy atom. The molecule has 2 nitrogen and oxygen atoms in total. The van der Waals surface area contributed by atoms with E-state index in [1.807, 2.05) is 28.7 Å². The van der Waals surface area contributed by atoms with Crippen molar-refractivity contribution in [2.24, 2.45) is 0 Å². The molecule has 0 radical (unpaired) electrons. The van der Waals surface area contributed by atoms with Crippen LogP contribution in [0.3, 0.4) is 0 Å². The third-order valence-electron chi connectivity index (χ3n) is 1.21. The second kappa shape index (κ2) is 3.05. The Morgan fingerprint density at radius 3 is 2.73 bits per heavy atom. The van der Waals surface area contributed by atoms with Gasteiger partial charge in [0.05, 0.1) is 14.8 Å². The lowest BCUT2D eigenvalue weighted by Crippen LogP contribution is -1.93. The van der Waals surface area contributed by atoms with Gasteiger partial charge in [0.1, 0.15) is 11.9 Å². The topological polar surface area (TPSA) is 49.8 Å². The Balaban J connectivity index is 3.35. The summed E-state index contributed by atoms with van der Waals surface area (Å²) in [6.07, 6.45) is 0. The Hall–Kier alpha value is -0.830. The van der Waals surface area contributed by atoms with Crippen molar-refractivity contribution in [1.82, 2.24) is 0 Å². The second-order valence-corrected chi connectivity index (χ2v) is 3.13. The van der Waals surface area contributed by atoms with Gasteiger partial charge in [0.15, 0.2) is 0 Å². The third kappa shape index (κ3) is 1.60. The van der Waals surface area contributed by atoms with Gasteiger partial charge in [0, 0.05) is 0 Å². The first-order chi connectivity index (χ1) is 5.15. The van der Waals surface area contributed by atoms with Gasteiger partial charge in [-0.15, -0.1) is 0 Å². The van der Waals surface area contributed by atoms with E-state index < -0.39 is 0 Å². The van der Waals surface area contributed by atoms with Gasteiger partial charge in [-0.25, -0.2) is 4.39 Å². The van der Waals surface area contributed by atoms with E-state index in [1.165, 1.54) is 6.07 Å². The highest BCUT2D eigenvalue weighted by Gasteiger charge is 2.03. The summed E-state index contributed by atoms with van der Waals surface area (Å²) in [7, 11) is 0. The van der Waals surface area contributed by atoms with E-state index in [9.17, 15) is 4.39 Å². The molecule has 1 aromatic carbocycles. The minimum atomic E-state index is -0.387. The molecule has 4 heteroatoms. The lowest BCUT2D eigenvalue weighted by molar-refractivity contribution is 0.621. The molecule has 0 spiro atoms. The number of nitrogen functional groups attached to an aromatic ring is 1. The molecule has 0 bridgehead atoms. The zero-order valence-corrected chi connectivity index (χ0v) is 7.59. The second-order valence-electron chi connectivity index (χ2n) is 1.97. The molecule has 0 fully saturated rings. The molecule has 0 aliphatic rings. The van der Waals surface area contributed by atoms with Gasteiger partial charge in [-0.2, -0.15) is 5.26 Å². The summed E-state index contributed by atoms with van der Waals surface area (Å²) < 4.78 is 13.1. The minimum Gasteiger partial charge on any atom is -0.398 e. The van der Waals surface area contributed by atoms with E-state index in [2.05, 4.69) is 0 Å². The molecule has 0 saturated carbocycles. The summed E-state index contributed by atoms with van der Waals surface area (Å²) in [5.74, 6) is -0.387. The molecule has 0 aliphatic carbocycles. The van der Waals surface area contributed by atoms with Gasteiger partial charge >= 0.3 is 0 Å². The van der Waals surface area contributed by atoms with Crippen LogP contribution in [0, 0.1) is 20.7 Å². The molecular weight excluding hydrogens is 258 g/mol. The fraction of sp³-hybridized carbons (Fsp3) is 0. The van der Waals surface area contributed by atoms with Gasteiger partial charge in [0.25, 0.3) is 0 Å². The van der Waals surface area contributed by atoms with E-state index >= 15 is 0 Å². The van der Waals surface area contributed by atoms with Crippen molar-refractivity contribution in [1.29, 1.82) is 5.26 Å². The van der Waals surface area contributed by atoms with Gasteiger partial charge in [-0.05, 0) is 34.7 Å². The number of halogens is 2. The molecule has 1 rings (SSSR count). The monoisotopic (exact) mass is 262 g/mol. The summed E-state index contributed by atoms with van der Waals surface area (Å²) in [6.45, 7) is 0. The minimum absolute atomic E-state index is 0.186. The molecule has 0 aliphatic heterocycles. The van der Waals surface area contributed by atoms with Crippen molar-refractivity contribution in [3.63, 3.8) is 0 Å². The molecule has 2 N–H and O–H groups in total. The number of nitrogens with two attached hydrogens (primary N) is 1. The number of anilines is 1. The van der Waals surface area contributed by atoms with Crippen LogP contribution in [0.5, 0.6) is 0 Å². The van der Waals surface area contributed by atoms with Crippen LogP contribution in [0.4, 0.5) is 10.1 Å². The summed E-state index contributed by atoms with van der Waals surface area (Å²) >= 11 is 1.81. The predicted molar refractivity (Wildman–Crippen MR) is 48.2 cm³/mol. The van der Waals surface area contributed by atoms with Gasteiger partial charge in [0.2, 0.25) is 0 Å². The third-order valence-corrected chi connectivity index (χ3v) is 2.04. The highest BCUT2D eigenvalue weighted by atomic mass is 127. The zero-order chi connectivity index (χ0) is 8.43. The molecule has 0 unspecified atom stereocenters. The summed E-state index contributed by atoms with van der Waals surface area (Å²) in [5, 5.41) is 8.48. The number of benzene rings is 1. The smallest absolute Gasteiger partial charge is 0.138 e. The van der Waals surface area contributed by atoms with E-state index in [0.29, 0.717) is 9.13 Å².